The van der Waals surface area contributed by atoms with Crippen molar-refractivity contribution in [2.75, 3.05) is 33.7 Å². The summed E-state index contributed by atoms with van der Waals surface area (Å²) in [6.07, 6.45) is 6.78. The molecule has 12 nitrogen and oxygen atoms in total. The van der Waals surface area contributed by atoms with E-state index >= 15 is 0 Å². The van der Waals surface area contributed by atoms with Crippen molar-refractivity contribution in [2.24, 2.45) is 0 Å². The molecule has 2 aliphatic rings. The van der Waals surface area contributed by atoms with Gasteiger partial charge in [-0.1, -0.05) is 26.0 Å². The zero-order valence-electron chi connectivity index (χ0n) is 27.2. The summed E-state index contributed by atoms with van der Waals surface area (Å²) in [6, 6.07) is 25.8. The molecule has 48 heavy (non-hydrogen) atoms. The van der Waals surface area contributed by atoms with Gasteiger partial charge in [0.25, 0.3) is 0 Å². The van der Waals surface area contributed by atoms with Crippen molar-refractivity contribution >= 4 is 34.6 Å². The molecular weight excluding hydrogens is 967 g/mol. The van der Waals surface area contributed by atoms with Gasteiger partial charge in [-0.25, -0.2) is 19.9 Å². The normalized spacial score (nSPS) is 12.1. The minimum absolute atomic E-state index is 0. The average molecular weight is 1000 g/mol. The number of fused-ring (bicyclic) bond motifs is 2. The van der Waals surface area contributed by atoms with Crippen molar-refractivity contribution < 1.29 is 42.1 Å². The first-order valence-corrected chi connectivity index (χ1v) is 14.5. The molecule has 8 rings (SSSR count). The number of anilines is 6. The molecule has 0 N–H and O–H groups in total. The first kappa shape index (κ1) is 38.0. The molecule has 2 aromatic carbocycles. The fourth-order valence-corrected chi connectivity index (χ4v) is 4.50. The van der Waals surface area contributed by atoms with Crippen LogP contribution in [0.25, 0.3) is 0 Å². The second-order valence-electron chi connectivity index (χ2n) is 10.3. The van der Waals surface area contributed by atoms with Gasteiger partial charge in [0.15, 0.2) is 0 Å². The maximum atomic E-state index is 4.34. The van der Waals surface area contributed by atoms with Crippen molar-refractivity contribution in [1.82, 2.24) is 40.3 Å². The van der Waals surface area contributed by atoms with Crippen LogP contribution < -0.4 is 29.8 Å². The van der Waals surface area contributed by atoms with E-state index < -0.39 is 0 Å². The van der Waals surface area contributed by atoms with Gasteiger partial charge in [0.05, 0.1) is 0 Å². The van der Waals surface area contributed by atoms with E-state index in [1.165, 1.54) is 0 Å². The van der Waals surface area contributed by atoms with Crippen molar-refractivity contribution in [3.63, 3.8) is 0 Å². The van der Waals surface area contributed by atoms with Crippen LogP contribution in [-0.4, -0.2) is 44.2 Å². The molecule has 0 amide bonds. The minimum atomic E-state index is 0. The van der Waals surface area contributed by atoms with Crippen LogP contribution in [0.2, 0.25) is 0 Å². The third-order valence-corrected chi connectivity index (χ3v) is 6.49. The predicted octanol–water partition coefficient (Wildman–Crippen LogP) is 5.27. The van der Waals surface area contributed by atoms with E-state index in [1.807, 2.05) is 135 Å². The number of nitrogens with zero attached hydrogens (tertiary/aromatic N) is 12. The Bertz CT molecular complexity index is 1650. The summed E-state index contributed by atoms with van der Waals surface area (Å²) in [5.41, 5.74) is 5.92. The zero-order valence-corrected chi connectivity index (χ0v) is 31.8. The fraction of sp³-hybridized carbons (Fsp3) is 0.176. The molecule has 6 aromatic rings. The zero-order chi connectivity index (χ0) is 32.5. The Kier molecular flexibility index (Phi) is 14.4. The molecule has 0 saturated carbocycles. The summed E-state index contributed by atoms with van der Waals surface area (Å²) in [5, 5.41) is 15.1. The Morgan fingerprint density at radius 2 is 0.938 bits per heavy atom. The molecule has 0 unspecified atom stereocenters. The first-order valence-electron chi connectivity index (χ1n) is 14.5. The van der Waals surface area contributed by atoms with Gasteiger partial charge < -0.3 is 40.0 Å². The number of hydrogen-bond donors (Lipinski definition) is 0. The van der Waals surface area contributed by atoms with Gasteiger partial charge in [0, 0.05) is 78.3 Å². The number of aromatic nitrogens is 8. The Morgan fingerprint density at radius 1 is 0.562 bits per heavy atom. The number of para-hydroxylation sites is 2. The summed E-state index contributed by atoms with van der Waals surface area (Å²) in [4.78, 5) is 25.1. The maximum absolute atomic E-state index is 4.34. The van der Waals surface area contributed by atoms with Crippen LogP contribution in [0.1, 0.15) is 22.8 Å². The van der Waals surface area contributed by atoms with Gasteiger partial charge in [-0.3, -0.25) is 0 Å². The van der Waals surface area contributed by atoms with E-state index in [0.29, 0.717) is 0 Å². The molecule has 0 fully saturated rings. The van der Waals surface area contributed by atoms with Crippen LogP contribution in [0.3, 0.4) is 0 Å². The third-order valence-electron chi connectivity index (χ3n) is 6.49. The van der Waals surface area contributed by atoms with Crippen LogP contribution >= 0.6 is 0 Å². The first-order chi connectivity index (χ1) is 22.3. The molecule has 0 bridgehead atoms. The minimum Gasteiger partial charge on any atom is -0.579 e. The van der Waals surface area contributed by atoms with Gasteiger partial charge in [-0.05, 0) is 27.9 Å². The third kappa shape index (κ3) is 9.81. The molecule has 0 saturated heterocycles. The molecule has 256 valence electrons. The monoisotopic (exact) mass is 1000 g/mol. The molecule has 0 spiro atoms. The number of aryl methyl sites for hydroxylation is 4. The summed E-state index contributed by atoms with van der Waals surface area (Å²) in [7, 11) is 3.91. The van der Waals surface area contributed by atoms with E-state index in [-0.39, 0.29) is 42.1 Å². The summed E-state index contributed by atoms with van der Waals surface area (Å²) >= 11 is 0. The topological polar surface area (TPSA) is 119 Å². The van der Waals surface area contributed by atoms with E-state index in [0.717, 1.165) is 57.4 Å². The van der Waals surface area contributed by atoms with Gasteiger partial charge in [-0.15, -0.1) is 36.1 Å². The van der Waals surface area contributed by atoms with E-state index in [2.05, 4.69) is 52.5 Å². The average Bonchev–Trinajstić information content (AvgIpc) is 3.85. The quantitative estimate of drug-likeness (QED) is 0.211. The maximum Gasteiger partial charge on any atom is 0.143 e. The van der Waals surface area contributed by atoms with E-state index in [1.54, 1.807) is 24.8 Å². The molecule has 0 aliphatic carbocycles. The summed E-state index contributed by atoms with van der Waals surface area (Å²) in [5.74, 6) is 3.40. The molecule has 0 atom stereocenters. The standard InChI is InChI=1S/2C12H10N4.2C5H7N2.2Pt/c2*1-15-9-16(10-5-3-2-4-6-10)12-11(15)13-7-8-14-12;2*1-4-3-5(2)7-6-4;;/h2*2-5,7-9H,1H3;2*3H,1-2H3;;/q2*-2;2*-1;;. The largest absolute Gasteiger partial charge is 0.579 e. The Hall–Kier alpha value is -4.40. The molecule has 4 aromatic heterocycles. The van der Waals surface area contributed by atoms with Gasteiger partial charge in [0.1, 0.15) is 23.3 Å². The fourth-order valence-electron chi connectivity index (χ4n) is 4.50. The molecule has 2 aliphatic heterocycles. The summed E-state index contributed by atoms with van der Waals surface area (Å²) in [6.45, 7) is 11.6. The van der Waals surface area contributed by atoms with Crippen LogP contribution in [0, 0.1) is 53.2 Å². The smallest absolute Gasteiger partial charge is 0.143 e. The Morgan fingerprint density at radius 3 is 1.21 bits per heavy atom. The van der Waals surface area contributed by atoms with Crippen LogP contribution in [0.15, 0.2) is 85.5 Å². The summed E-state index contributed by atoms with van der Waals surface area (Å²) < 4.78 is 0. The van der Waals surface area contributed by atoms with Crippen LogP contribution in [0.5, 0.6) is 0 Å². The second kappa shape index (κ2) is 18.2. The van der Waals surface area contributed by atoms with Crippen molar-refractivity contribution in [3.05, 3.63) is 134 Å². The Balaban J connectivity index is 0.000000183. The van der Waals surface area contributed by atoms with Crippen molar-refractivity contribution in [3.8, 4) is 0 Å². The van der Waals surface area contributed by atoms with E-state index in [9.17, 15) is 0 Å². The van der Waals surface area contributed by atoms with Gasteiger partial charge >= 0.3 is 0 Å². The number of hydrogen-bond acceptors (Lipinski definition) is 10. The molecular formula is C34H34N12Pt2-6. The van der Waals surface area contributed by atoms with Crippen LogP contribution in [-0.2, 0) is 42.1 Å². The predicted molar refractivity (Wildman–Crippen MR) is 178 cm³/mol. The van der Waals surface area contributed by atoms with E-state index in [4.69, 9.17) is 0 Å². The number of rotatable bonds is 2. The Labute approximate surface area is 310 Å². The van der Waals surface area contributed by atoms with Crippen molar-refractivity contribution in [1.29, 1.82) is 0 Å². The molecule has 6 heterocycles. The second-order valence-corrected chi connectivity index (χ2v) is 10.3. The number of benzene rings is 2. The van der Waals surface area contributed by atoms with Crippen molar-refractivity contribution in [2.45, 2.75) is 27.7 Å². The molecule has 0 radical (unpaired) electrons. The SMILES string of the molecule is CN1[CH-]N(c2[c-]cccc2)c2nccnc21.CN1[CH-]N(c2[c-]cccc2)c2nccnc21.Cc1cc(C)[n-]n1.Cc1cc(C)[n-]n1.[Pt].[Pt]. The van der Waals surface area contributed by atoms with Gasteiger partial charge in [0.2, 0.25) is 0 Å². The van der Waals surface area contributed by atoms with Gasteiger partial charge in [-0.2, -0.15) is 60.7 Å². The molecule has 14 heteroatoms. The van der Waals surface area contributed by atoms with Crippen LogP contribution in [0.4, 0.5) is 34.6 Å².